The molecule has 1 aliphatic heterocycles. The number of allylic oxidation sites excluding steroid dienone is 2. The summed E-state index contributed by atoms with van der Waals surface area (Å²) >= 11 is 1.84. The molecule has 1 heterocycles. The van der Waals surface area contributed by atoms with E-state index in [1.54, 1.807) is 10.6 Å². The quantitative estimate of drug-likeness (QED) is 0.653. The van der Waals surface area contributed by atoms with Crippen molar-refractivity contribution >= 4 is 11.8 Å². The first-order valence-electron chi connectivity index (χ1n) is 5.98. The molecule has 2 rings (SSSR count). The first kappa shape index (κ1) is 11.4. The SMILES string of the molecule is CC(C)(C)CN1[C]SC2=C1CCCCC2. The fourth-order valence-corrected chi connectivity index (χ4v) is 3.17. The Kier molecular flexibility index (Phi) is 3.34. The molecule has 0 aromatic heterocycles. The second kappa shape index (κ2) is 4.40. The highest BCUT2D eigenvalue weighted by atomic mass is 32.2. The van der Waals surface area contributed by atoms with E-state index >= 15 is 0 Å². The Morgan fingerprint density at radius 1 is 1.20 bits per heavy atom. The lowest BCUT2D eigenvalue weighted by atomic mass is 9.96. The van der Waals surface area contributed by atoms with Crippen LogP contribution in [-0.2, 0) is 0 Å². The van der Waals surface area contributed by atoms with Gasteiger partial charge >= 0.3 is 0 Å². The third-order valence-corrected chi connectivity index (χ3v) is 3.87. The molecule has 0 saturated carbocycles. The molecular formula is C13H21NS. The zero-order valence-electron chi connectivity index (χ0n) is 10.1. The summed E-state index contributed by atoms with van der Waals surface area (Å²) in [5.41, 5.74) is 1.94. The summed E-state index contributed by atoms with van der Waals surface area (Å²) in [4.78, 5) is 3.97. The van der Waals surface area contributed by atoms with E-state index < -0.39 is 0 Å². The minimum absolute atomic E-state index is 0.363. The molecule has 84 valence electrons. The van der Waals surface area contributed by atoms with Crippen molar-refractivity contribution in [1.29, 1.82) is 0 Å². The van der Waals surface area contributed by atoms with Gasteiger partial charge in [0.05, 0.1) is 0 Å². The van der Waals surface area contributed by atoms with Crippen molar-refractivity contribution in [3.8, 4) is 0 Å². The lowest BCUT2D eigenvalue weighted by Crippen LogP contribution is -2.27. The number of hydrogen-bond acceptors (Lipinski definition) is 2. The molecule has 0 bridgehead atoms. The van der Waals surface area contributed by atoms with Crippen LogP contribution in [0.15, 0.2) is 10.6 Å². The fourth-order valence-electron chi connectivity index (χ4n) is 2.20. The highest BCUT2D eigenvalue weighted by molar-refractivity contribution is 8.05. The summed E-state index contributed by atoms with van der Waals surface area (Å²) in [6.07, 6.45) is 6.69. The molecule has 0 saturated heterocycles. The van der Waals surface area contributed by atoms with Gasteiger partial charge in [-0.3, -0.25) is 0 Å². The number of hydrogen-bond donors (Lipinski definition) is 0. The van der Waals surface area contributed by atoms with Gasteiger partial charge < -0.3 is 4.90 Å². The first-order chi connectivity index (χ1) is 7.06. The van der Waals surface area contributed by atoms with Crippen molar-refractivity contribution in [2.45, 2.75) is 52.9 Å². The normalized spacial score (nSPS) is 23.0. The van der Waals surface area contributed by atoms with Gasteiger partial charge in [-0.05, 0) is 31.1 Å². The van der Waals surface area contributed by atoms with Crippen molar-refractivity contribution < 1.29 is 0 Å². The van der Waals surface area contributed by atoms with Crippen LogP contribution in [0.5, 0.6) is 0 Å². The summed E-state index contributed by atoms with van der Waals surface area (Å²) < 4.78 is 0. The van der Waals surface area contributed by atoms with Gasteiger partial charge in [0.25, 0.3) is 0 Å². The van der Waals surface area contributed by atoms with Gasteiger partial charge in [-0.1, -0.05) is 39.0 Å². The van der Waals surface area contributed by atoms with Crippen LogP contribution >= 0.6 is 11.8 Å². The maximum Gasteiger partial charge on any atom is 0.164 e. The number of nitrogens with zero attached hydrogens (tertiary/aromatic N) is 1. The van der Waals surface area contributed by atoms with Crippen molar-refractivity contribution in [3.63, 3.8) is 0 Å². The van der Waals surface area contributed by atoms with Gasteiger partial charge in [0, 0.05) is 17.1 Å². The van der Waals surface area contributed by atoms with Gasteiger partial charge in [0.2, 0.25) is 0 Å². The molecule has 0 atom stereocenters. The van der Waals surface area contributed by atoms with Crippen LogP contribution in [0.2, 0.25) is 0 Å². The molecule has 2 radical (unpaired) electrons. The van der Waals surface area contributed by atoms with E-state index in [1.165, 1.54) is 32.1 Å². The third kappa shape index (κ3) is 2.93. The standard InChI is InChI=1S/C13H21NS/c1-13(2,3)9-14-10-15-12-8-6-4-5-7-11(12)14/h4-9H2,1-3H3. The van der Waals surface area contributed by atoms with E-state index in [-0.39, 0.29) is 0 Å². The largest absolute Gasteiger partial charge is 0.353 e. The molecule has 1 nitrogen and oxygen atoms in total. The summed E-state index contributed by atoms with van der Waals surface area (Å²) in [5.74, 6) is 3.46. The van der Waals surface area contributed by atoms with E-state index in [0.29, 0.717) is 5.41 Å². The van der Waals surface area contributed by atoms with Crippen LogP contribution in [0.4, 0.5) is 0 Å². The second-order valence-corrected chi connectivity index (χ2v) is 6.65. The Balaban J connectivity index is 2.05. The minimum atomic E-state index is 0.363. The molecule has 2 heteroatoms. The molecule has 0 spiro atoms. The highest BCUT2D eigenvalue weighted by Crippen LogP contribution is 2.43. The minimum Gasteiger partial charge on any atom is -0.353 e. The maximum absolute atomic E-state index is 3.46. The van der Waals surface area contributed by atoms with Gasteiger partial charge in [0.1, 0.15) is 0 Å². The molecule has 1 aliphatic carbocycles. The Morgan fingerprint density at radius 3 is 2.67 bits per heavy atom. The average molecular weight is 223 g/mol. The van der Waals surface area contributed by atoms with Gasteiger partial charge in [-0.2, -0.15) is 0 Å². The van der Waals surface area contributed by atoms with Gasteiger partial charge in [0.15, 0.2) is 5.88 Å². The van der Waals surface area contributed by atoms with Crippen LogP contribution in [0, 0.1) is 11.3 Å². The number of rotatable bonds is 1. The van der Waals surface area contributed by atoms with Crippen molar-refractivity contribution in [1.82, 2.24) is 4.90 Å². The molecule has 0 amide bonds. The zero-order valence-corrected chi connectivity index (χ0v) is 10.9. The fraction of sp³-hybridized carbons (Fsp3) is 0.769. The van der Waals surface area contributed by atoms with Crippen LogP contribution in [0.25, 0.3) is 0 Å². The van der Waals surface area contributed by atoms with Crippen LogP contribution in [-0.4, -0.2) is 11.4 Å². The lowest BCUT2D eigenvalue weighted by molar-refractivity contribution is 0.279. The Morgan fingerprint density at radius 2 is 1.93 bits per heavy atom. The molecule has 0 aromatic rings. The Labute approximate surface area is 98.3 Å². The topological polar surface area (TPSA) is 3.24 Å². The van der Waals surface area contributed by atoms with E-state index in [0.717, 1.165) is 6.54 Å². The van der Waals surface area contributed by atoms with E-state index in [1.807, 2.05) is 11.8 Å². The second-order valence-electron chi connectivity index (χ2n) is 5.77. The zero-order chi connectivity index (χ0) is 10.9. The Hall–Kier alpha value is -0.110. The maximum atomic E-state index is 3.46. The molecule has 0 aromatic carbocycles. The van der Waals surface area contributed by atoms with E-state index in [2.05, 4.69) is 31.5 Å². The van der Waals surface area contributed by atoms with Gasteiger partial charge in [-0.15, -0.1) is 0 Å². The van der Waals surface area contributed by atoms with Crippen molar-refractivity contribution in [2.24, 2.45) is 5.41 Å². The third-order valence-electron chi connectivity index (χ3n) is 2.88. The van der Waals surface area contributed by atoms with Crippen LogP contribution in [0.3, 0.4) is 0 Å². The molecule has 0 N–H and O–H groups in total. The summed E-state index contributed by atoms with van der Waals surface area (Å²) in [5, 5.41) is 0. The molecule has 15 heavy (non-hydrogen) atoms. The van der Waals surface area contributed by atoms with E-state index in [9.17, 15) is 0 Å². The van der Waals surface area contributed by atoms with Crippen molar-refractivity contribution in [3.05, 3.63) is 16.5 Å². The van der Waals surface area contributed by atoms with Crippen molar-refractivity contribution in [2.75, 3.05) is 6.54 Å². The highest BCUT2D eigenvalue weighted by Gasteiger charge is 2.28. The predicted octanol–water partition coefficient (Wildman–Crippen LogP) is 4.25. The summed E-state index contributed by atoms with van der Waals surface area (Å²) in [7, 11) is 0. The lowest BCUT2D eigenvalue weighted by Gasteiger charge is -2.28. The number of thioether (sulfide) groups is 1. The van der Waals surface area contributed by atoms with Crippen LogP contribution < -0.4 is 0 Å². The molecule has 2 aliphatic rings. The summed E-state index contributed by atoms with van der Waals surface area (Å²) in [6, 6.07) is 0. The van der Waals surface area contributed by atoms with Crippen LogP contribution in [0.1, 0.15) is 52.9 Å². The summed E-state index contributed by atoms with van der Waals surface area (Å²) in [6.45, 7) is 8.01. The first-order valence-corrected chi connectivity index (χ1v) is 6.80. The molecule has 0 unspecified atom stereocenters. The Bertz CT molecular complexity index is 262. The predicted molar refractivity (Wildman–Crippen MR) is 67.1 cm³/mol. The molecular weight excluding hydrogens is 202 g/mol. The average Bonchev–Trinajstić information content (AvgIpc) is 2.35. The van der Waals surface area contributed by atoms with E-state index in [4.69, 9.17) is 0 Å². The van der Waals surface area contributed by atoms with Gasteiger partial charge in [-0.25, -0.2) is 0 Å². The molecule has 0 fully saturated rings. The smallest absolute Gasteiger partial charge is 0.164 e. The monoisotopic (exact) mass is 223 g/mol.